The first-order chi connectivity index (χ1) is 7.49. The van der Waals surface area contributed by atoms with Gasteiger partial charge in [0.15, 0.2) is 5.71 Å². The van der Waals surface area contributed by atoms with Crippen molar-refractivity contribution in [2.24, 2.45) is 4.99 Å². The maximum atomic E-state index is 8.93. The van der Waals surface area contributed by atoms with Gasteiger partial charge in [-0.15, -0.1) is 0 Å². The van der Waals surface area contributed by atoms with E-state index in [2.05, 4.69) is 25.8 Å². The zero-order valence-corrected chi connectivity index (χ0v) is 10.5. The molecule has 0 fully saturated rings. The van der Waals surface area contributed by atoms with Crippen molar-refractivity contribution >= 4 is 27.3 Å². The van der Waals surface area contributed by atoms with E-state index in [0.29, 0.717) is 5.69 Å². The monoisotopic (exact) mass is 282 g/mol. The third-order valence-corrected chi connectivity index (χ3v) is 2.50. The highest BCUT2D eigenvalue weighted by Crippen LogP contribution is 2.20. The molecule has 0 amide bonds. The Morgan fingerprint density at radius 3 is 2.44 bits per heavy atom. The Kier molecular flexibility index (Phi) is 4.19. The molecule has 0 bridgehead atoms. The smallest absolute Gasteiger partial charge is 0.152 e. The van der Waals surface area contributed by atoms with Crippen molar-refractivity contribution in [3.63, 3.8) is 0 Å². The number of nitrogens with zero attached hydrogens (tertiary/aromatic N) is 2. The van der Waals surface area contributed by atoms with Gasteiger partial charge in [0, 0.05) is 4.47 Å². The van der Waals surface area contributed by atoms with Crippen LogP contribution in [0.15, 0.2) is 33.7 Å². The molecular formula is C11H11BrN2O2. The predicted octanol–water partition coefficient (Wildman–Crippen LogP) is 3.31. The summed E-state index contributed by atoms with van der Waals surface area (Å²) in [5.74, 6) is 0. The van der Waals surface area contributed by atoms with Crippen LogP contribution in [0.3, 0.4) is 0 Å². The fourth-order valence-electron chi connectivity index (χ4n) is 0.982. The van der Waals surface area contributed by atoms with Crippen LogP contribution in [0.5, 0.6) is 0 Å². The van der Waals surface area contributed by atoms with E-state index < -0.39 is 5.60 Å². The summed E-state index contributed by atoms with van der Waals surface area (Å²) in [6, 6.07) is 9.07. The minimum absolute atomic E-state index is 0.109. The lowest BCUT2D eigenvalue weighted by molar-refractivity contribution is -0.289. The van der Waals surface area contributed by atoms with Gasteiger partial charge in [-0.3, -0.25) is 5.26 Å². The van der Waals surface area contributed by atoms with Crippen molar-refractivity contribution < 1.29 is 10.1 Å². The van der Waals surface area contributed by atoms with Gasteiger partial charge < -0.3 is 0 Å². The van der Waals surface area contributed by atoms with Gasteiger partial charge in [0.2, 0.25) is 0 Å². The molecule has 0 atom stereocenters. The van der Waals surface area contributed by atoms with E-state index in [-0.39, 0.29) is 5.71 Å². The fourth-order valence-corrected chi connectivity index (χ4v) is 1.25. The second-order valence-corrected chi connectivity index (χ2v) is 4.57. The average Bonchev–Trinajstić information content (AvgIpc) is 2.28. The molecule has 0 aliphatic heterocycles. The van der Waals surface area contributed by atoms with Gasteiger partial charge in [0.25, 0.3) is 0 Å². The summed E-state index contributed by atoms with van der Waals surface area (Å²) < 4.78 is 0.933. The van der Waals surface area contributed by atoms with Gasteiger partial charge in [-0.05, 0) is 38.1 Å². The highest BCUT2D eigenvalue weighted by Gasteiger charge is 2.26. The molecule has 1 N–H and O–H groups in total. The van der Waals surface area contributed by atoms with E-state index >= 15 is 0 Å². The third-order valence-electron chi connectivity index (χ3n) is 1.97. The number of aliphatic imine (C=N–C) groups is 1. The molecule has 0 aliphatic carbocycles. The van der Waals surface area contributed by atoms with Crippen LogP contribution in [-0.4, -0.2) is 16.6 Å². The minimum Gasteiger partial charge on any atom is -0.251 e. The number of halogens is 1. The fraction of sp³-hybridized carbons (Fsp3) is 0.273. The number of nitriles is 1. The van der Waals surface area contributed by atoms with E-state index in [0.717, 1.165) is 4.47 Å². The predicted molar refractivity (Wildman–Crippen MR) is 64.6 cm³/mol. The van der Waals surface area contributed by atoms with E-state index in [9.17, 15) is 0 Å². The molecule has 0 spiro atoms. The second kappa shape index (κ2) is 5.21. The number of hydrogen-bond donors (Lipinski definition) is 1. The average molecular weight is 283 g/mol. The molecule has 16 heavy (non-hydrogen) atoms. The van der Waals surface area contributed by atoms with E-state index in [1.165, 1.54) is 0 Å². The molecule has 1 aromatic rings. The van der Waals surface area contributed by atoms with Crippen LogP contribution < -0.4 is 0 Å². The van der Waals surface area contributed by atoms with E-state index in [1.54, 1.807) is 26.0 Å². The lowest BCUT2D eigenvalue weighted by atomic mass is 10.0. The Hall–Kier alpha value is -1.22. The molecule has 84 valence electrons. The van der Waals surface area contributed by atoms with E-state index in [4.69, 9.17) is 10.5 Å². The molecule has 0 radical (unpaired) electrons. The Morgan fingerprint density at radius 2 is 2.00 bits per heavy atom. The number of rotatable bonds is 3. The van der Waals surface area contributed by atoms with Crippen molar-refractivity contribution in [1.82, 2.24) is 0 Å². The van der Waals surface area contributed by atoms with Crippen LogP contribution >= 0.6 is 15.9 Å². The molecular weight excluding hydrogens is 272 g/mol. The molecule has 1 rings (SSSR count). The topological polar surface area (TPSA) is 65.6 Å². The molecule has 5 heteroatoms. The van der Waals surface area contributed by atoms with Crippen molar-refractivity contribution in [3.05, 3.63) is 28.7 Å². The first-order valence-electron chi connectivity index (χ1n) is 4.57. The van der Waals surface area contributed by atoms with Crippen molar-refractivity contribution in [3.8, 4) is 6.07 Å². The molecule has 0 unspecified atom stereocenters. The molecule has 0 saturated heterocycles. The maximum absolute atomic E-state index is 8.93. The Morgan fingerprint density at radius 1 is 1.44 bits per heavy atom. The number of benzene rings is 1. The highest BCUT2D eigenvalue weighted by molar-refractivity contribution is 9.10. The highest BCUT2D eigenvalue weighted by atomic mass is 79.9. The van der Waals surface area contributed by atoms with Gasteiger partial charge >= 0.3 is 0 Å². The lowest BCUT2D eigenvalue weighted by Gasteiger charge is -2.17. The zero-order chi connectivity index (χ0) is 12.2. The van der Waals surface area contributed by atoms with Crippen LogP contribution in [0.25, 0.3) is 0 Å². The van der Waals surface area contributed by atoms with Gasteiger partial charge in [0.05, 0.1) is 5.69 Å². The standard InChI is InChI=1S/C11H11BrN2O2/c1-11(2,16-15)10(7-13)14-9-5-3-8(12)4-6-9/h3-6,15H,1-2H3. The Labute approximate surface area is 102 Å². The first-order valence-corrected chi connectivity index (χ1v) is 5.36. The SMILES string of the molecule is CC(C)(OO)C(C#N)=Nc1ccc(Br)cc1. The van der Waals surface area contributed by atoms with Crippen LogP contribution in [0.1, 0.15) is 13.8 Å². The molecule has 0 heterocycles. The normalized spacial score (nSPS) is 12.3. The van der Waals surface area contributed by atoms with Crippen molar-refractivity contribution in [1.29, 1.82) is 5.26 Å². The molecule has 0 aliphatic rings. The molecule has 0 aromatic heterocycles. The maximum Gasteiger partial charge on any atom is 0.152 e. The molecule has 0 saturated carbocycles. The Balaban J connectivity index is 3.07. The van der Waals surface area contributed by atoms with Gasteiger partial charge in [-0.25, -0.2) is 9.88 Å². The van der Waals surface area contributed by atoms with Crippen LogP contribution in [0.4, 0.5) is 5.69 Å². The molecule has 4 nitrogen and oxygen atoms in total. The third kappa shape index (κ3) is 3.14. The zero-order valence-electron chi connectivity index (χ0n) is 8.94. The Bertz CT molecular complexity index is 432. The van der Waals surface area contributed by atoms with Gasteiger partial charge in [-0.2, -0.15) is 5.26 Å². The summed E-state index contributed by atoms with van der Waals surface area (Å²) in [6.45, 7) is 3.13. The minimum atomic E-state index is -1.11. The quantitative estimate of drug-likeness (QED) is 0.525. The van der Waals surface area contributed by atoms with Crippen LogP contribution in [0, 0.1) is 11.3 Å². The lowest BCUT2D eigenvalue weighted by Crippen LogP contribution is -2.32. The van der Waals surface area contributed by atoms with Crippen molar-refractivity contribution in [2.45, 2.75) is 19.4 Å². The summed E-state index contributed by atoms with van der Waals surface area (Å²) >= 11 is 3.30. The van der Waals surface area contributed by atoms with Gasteiger partial charge in [0.1, 0.15) is 11.7 Å². The summed E-state index contributed by atoms with van der Waals surface area (Å²) in [7, 11) is 0. The molecule has 1 aromatic carbocycles. The summed E-state index contributed by atoms with van der Waals surface area (Å²) in [5, 5.41) is 17.6. The van der Waals surface area contributed by atoms with Crippen LogP contribution in [-0.2, 0) is 4.89 Å². The van der Waals surface area contributed by atoms with E-state index in [1.807, 2.05) is 18.2 Å². The van der Waals surface area contributed by atoms with Gasteiger partial charge in [-0.1, -0.05) is 15.9 Å². The largest absolute Gasteiger partial charge is 0.251 e. The first kappa shape index (κ1) is 12.8. The number of hydrogen-bond acceptors (Lipinski definition) is 4. The second-order valence-electron chi connectivity index (χ2n) is 3.65. The van der Waals surface area contributed by atoms with Crippen molar-refractivity contribution in [2.75, 3.05) is 0 Å². The summed E-state index contributed by atoms with van der Waals surface area (Å²) in [6.07, 6.45) is 0. The van der Waals surface area contributed by atoms with Crippen LogP contribution in [0.2, 0.25) is 0 Å². The summed E-state index contributed by atoms with van der Waals surface area (Å²) in [5.41, 5.74) is -0.371. The summed E-state index contributed by atoms with van der Waals surface area (Å²) in [4.78, 5) is 8.33.